The fraction of sp³-hybridized carbons (Fsp3) is 0.364. The number of nitro benzene ring substituents is 1. The normalized spacial score (nSPS) is 11.7. The molecule has 1 aromatic rings. The van der Waals surface area contributed by atoms with Gasteiger partial charge in [0.1, 0.15) is 16.2 Å². The highest BCUT2D eigenvalue weighted by atomic mass is 32.2. The fourth-order valence-corrected chi connectivity index (χ4v) is 2.92. The number of sulfonamides is 1. The zero-order valence-corrected chi connectivity index (χ0v) is 11.9. The van der Waals surface area contributed by atoms with Crippen molar-refractivity contribution in [3.8, 4) is 11.8 Å². The van der Waals surface area contributed by atoms with Crippen molar-refractivity contribution in [2.24, 2.45) is 0 Å². The van der Waals surface area contributed by atoms with E-state index < -0.39 is 25.4 Å². The average Bonchev–Trinajstić information content (AvgIpc) is 2.36. The first-order valence-corrected chi connectivity index (χ1v) is 6.89. The van der Waals surface area contributed by atoms with Crippen molar-refractivity contribution < 1.29 is 18.1 Å². The maximum absolute atomic E-state index is 12.2. The Kier molecular flexibility index (Phi) is 4.32. The van der Waals surface area contributed by atoms with Crippen molar-refractivity contribution in [2.75, 3.05) is 7.11 Å². The Bertz CT molecular complexity index is 676. The second-order valence-electron chi connectivity index (χ2n) is 4.43. The van der Waals surface area contributed by atoms with E-state index in [0.29, 0.717) is 0 Å². The van der Waals surface area contributed by atoms with Crippen LogP contribution in [0, 0.1) is 21.4 Å². The van der Waals surface area contributed by atoms with Gasteiger partial charge >= 0.3 is 0 Å². The van der Waals surface area contributed by atoms with E-state index in [0.717, 1.165) is 12.1 Å². The maximum Gasteiger partial charge on any atom is 0.271 e. The molecule has 0 radical (unpaired) electrons. The van der Waals surface area contributed by atoms with Gasteiger partial charge in [-0.25, -0.2) is 8.42 Å². The molecular weight excluding hydrogens is 286 g/mol. The van der Waals surface area contributed by atoms with E-state index >= 15 is 0 Å². The van der Waals surface area contributed by atoms with Gasteiger partial charge in [-0.1, -0.05) is 0 Å². The van der Waals surface area contributed by atoms with E-state index in [1.807, 2.05) is 0 Å². The number of hydrogen-bond donors (Lipinski definition) is 1. The van der Waals surface area contributed by atoms with Crippen LogP contribution >= 0.6 is 0 Å². The van der Waals surface area contributed by atoms with Crippen molar-refractivity contribution in [3.05, 3.63) is 28.3 Å². The van der Waals surface area contributed by atoms with Gasteiger partial charge in [0.05, 0.1) is 18.1 Å². The highest BCUT2D eigenvalue weighted by Crippen LogP contribution is 2.28. The number of hydrogen-bond acceptors (Lipinski definition) is 6. The Labute approximate surface area is 116 Å². The lowest BCUT2D eigenvalue weighted by atomic mass is 10.1. The largest absolute Gasteiger partial charge is 0.495 e. The monoisotopic (exact) mass is 299 g/mol. The molecule has 0 atom stereocenters. The number of rotatable bonds is 5. The van der Waals surface area contributed by atoms with Crippen LogP contribution in [0.3, 0.4) is 0 Å². The second kappa shape index (κ2) is 5.44. The van der Waals surface area contributed by atoms with Gasteiger partial charge in [-0.2, -0.15) is 9.98 Å². The molecule has 0 saturated heterocycles. The van der Waals surface area contributed by atoms with Crippen LogP contribution in [0.15, 0.2) is 23.1 Å². The topological polar surface area (TPSA) is 122 Å². The number of nitro groups is 1. The van der Waals surface area contributed by atoms with Crippen molar-refractivity contribution in [2.45, 2.75) is 24.3 Å². The van der Waals surface area contributed by atoms with E-state index in [2.05, 4.69) is 4.72 Å². The summed E-state index contributed by atoms with van der Waals surface area (Å²) >= 11 is 0. The zero-order chi connectivity index (χ0) is 15.6. The predicted octanol–water partition coefficient (Wildman–Crippen LogP) is 1.18. The fourth-order valence-electron chi connectivity index (χ4n) is 1.40. The maximum atomic E-state index is 12.2. The summed E-state index contributed by atoms with van der Waals surface area (Å²) in [4.78, 5) is 9.61. The number of methoxy groups -OCH3 is 1. The molecule has 0 spiro atoms. The molecule has 9 heteroatoms. The van der Waals surface area contributed by atoms with Gasteiger partial charge in [0.2, 0.25) is 10.0 Å². The number of ether oxygens (including phenoxy) is 1. The first kappa shape index (κ1) is 15.9. The molecule has 0 fully saturated rings. The third kappa shape index (κ3) is 3.43. The Balaban J connectivity index is 3.40. The summed E-state index contributed by atoms with van der Waals surface area (Å²) in [6.07, 6.45) is 0. The molecule has 0 amide bonds. The standard InChI is InChI=1S/C11H13N3O5S/c1-11(2,7-12)13-20(17,18)10-6-8(14(15)16)4-5-9(10)19-3/h4-6,13H,1-3H3. The Hall–Kier alpha value is -2.18. The Morgan fingerprint density at radius 2 is 2.05 bits per heavy atom. The Morgan fingerprint density at radius 3 is 2.50 bits per heavy atom. The first-order chi connectivity index (χ1) is 9.13. The first-order valence-electron chi connectivity index (χ1n) is 5.40. The molecule has 20 heavy (non-hydrogen) atoms. The van der Waals surface area contributed by atoms with Crippen LogP contribution in [0.2, 0.25) is 0 Å². The van der Waals surface area contributed by atoms with Crippen molar-refractivity contribution in [3.63, 3.8) is 0 Å². The van der Waals surface area contributed by atoms with Crippen molar-refractivity contribution >= 4 is 15.7 Å². The highest BCUT2D eigenvalue weighted by Gasteiger charge is 2.29. The third-order valence-electron chi connectivity index (χ3n) is 2.32. The van der Waals surface area contributed by atoms with E-state index in [1.54, 1.807) is 6.07 Å². The second-order valence-corrected chi connectivity index (χ2v) is 6.09. The van der Waals surface area contributed by atoms with Crippen LogP contribution in [-0.2, 0) is 10.0 Å². The van der Waals surface area contributed by atoms with Crippen LogP contribution in [0.5, 0.6) is 5.75 Å². The molecule has 0 bridgehead atoms. The van der Waals surface area contributed by atoms with Gasteiger partial charge in [0.25, 0.3) is 5.69 Å². The lowest BCUT2D eigenvalue weighted by Crippen LogP contribution is -2.42. The van der Waals surface area contributed by atoms with Crippen LogP contribution in [0.25, 0.3) is 0 Å². The minimum absolute atomic E-state index is 0.0446. The lowest BCUT2D eigenvalue weighted by molar-refractivity contribution is -0.385. The molecule has 0 unspecified atom stereocenters. The quantitative estimate of drug-likeness (QED) is 0.643. The smallest absolute Gasteiger partial charge is 0.271 e. The molecule has 108 valence electrons. The molecular formula is C11H13N3O5S. The molecule has 0 aliphatic carbocycles. The number of non-ortho nitro benzene ring substituents is 1. The van der Waals surface area contributed by atoms with Crippen molar-refractivity contribution in [1.82, 2.24) is 4.72 Å². The predicted molar refractivity (Wildman–Crippen MR) is 69.7 cm³/mol. The summed E-state index contributed by atoms with van der Waals surface area (Å²) in [5.74, 6) is -0.0446. The molecule has 0 heterocycles. The summed E-state index contributed by atoms with van der Waals surface area (Å²) in [6.45, 7) is 2.74. The van der Waals surface area contributed by atoms with Crippen LogP contribution in [0.4, 0.5) is 5.69 Å². The molecule has 0 aliphatic heterocycles. The molecule has 1 aromatic carbocycles. The van der Waals surface area contributed by atoms with Crippen LogP contribution in [0.1, 0.15) is 13.8 Å². The Morgan fingerprint density at radius 1 is 1.45 bits per heavy atom. The number of nitrogens with zero attached hydrogens (tertiary/aromatic N) is 2. The molecule has 8 nitrogen and oxygen atoms in total. The van der Waals surface area contributed by atoms with E-state index in [9.17, 15) is 18.5 Å². The number of nitrogens with one attached hydrogen (secondary N) is 1. The van der Waals surface area contributed by atoms with E-state index in [1.165, 1.54) is 27.0 Å². The SMILES string of the molecule is COc1ccc([N+](=O)[O-])cc1S(=O)(=O)NC(C)(C)C#N. The molecule has 0 saturated carbocycles. The van der Waals surface area contributed by atoms with Gasteiger partial charge in [-0.05, 0) is 19.9 Å². The van der Waals surface area contributed by atoms with E-state index in [-0.39, 0.29) is 11.4 Å². The molecule has 0 aromatic heterocycles. The summed E-state index contributed by atoms with van der Waals surface area (Å²) in [5.41, 5.74) is -1.74. The van der Waals surface area contributed by atoms with Gasteiger partial charge in [0, 0.05) is 12.1 Å². The van der Waals surface area contributed by atoms with Crippen molar-refractivity contribution in [1.29, 1.82) is 5.26 Å². The summed E-state index contributed by atoms with van der Waals surface area (Å²) in [5, 5.41) is 19.6. The third-order valence-corrected chi connectivity index (χ3v) is 3.99. The van der Waals surface area contributed by atoms with E-state index in [4.69, 9.17) is 10.00 Å². The average molecular weight is 299 g/mol. The minimum Gasteiger partial charge on any atom is -0.495 e. The van der Waals surface area contributed by atoms with Crippen LogP contribution in [-0.4, -0.2) is 26.0 Å². The van der Waals surface area contributed by atoms with Gasteiger partial charge in [-0.15, -0.1) is 0 Å². The zero-order valence-electron chi connectivity index (χ0n) is 11.1. The van der Waals surface area contributed by atoms with Gasteiger partial charge in [-0.3, -0.25) is 10.1 Å². The molecule has 0 aliphatic rings. The summed E-state index contributed by atoms with van der Waals surface area (Å²) in [7, 11) is -2.89. The lowest BCUT2D eigenvalue weighted by Gasteiger charge is -2.18. The summed E-state index contributed by atoms with van der Waals surface area (Å²) in [6, 6.07) is 4.98. The highest BCUT2D eigenvalue weighted by molar-refractivity contribution is 7.89. The van der Waals surface area contributed by atoms with Gasteiger partial charge < -0.3 is 4.74 Å². The molecule has 1 rings (SSSR count). The molecule has 1 N–H and O–H groups in total. The van der Waals surface area contributed by atoms with Gasteiger partial charge in [0.15, 0.2) is 0 Å². The van der Waals surface area contributed by atoms with Crippen LogP contribution < -0.4 is 9.46 Å². The number of nitriles is 1. The summed E-state index contributed by atoms with van der Waals surface area (Å²) < 4.78 is 31.4. The number of benzene rings is 1. The minimum atomic E-state index is -4.13.